The van der Waals surface area contributed by atoms with E-state index in [1.54, 1.807) is 0 Å². The van der Waals surface area contributed by atoms with Crippen LogP contribution in [0.4, 0.5) is 0 Å². The van der Waals surface area contributed by atoms with Gasteiger partial charge < -0.3 is 0 Å². The van der Waals surface area contributed by atoms with Gasteiger partial charge in [-0.3, -0.25) is 19.8 Å². The monoisotopic (exact) mass is 198 g/mol. The van der Waals surface area contributed by atoms with Gasteiger partial charge in [0.25, 0.3) is 0 Å². The van der Waals surface area contributed by atoms with Crippen LogP contribution in [0.2, 0.25) is 0 Å². The molecular weight excluding hydrogens is 180 g/mol. The average molecular weight is 198 g/mol. The predicted molar refractivity (Wildman–Crippen MR) is 53.7 cm³/mol. The second-order valence-corrected chi connectivity index (χ2v) is 3.73. The molecule has 1 N–H and O–H groups in total. The number of rotatable bonds is 4. The first kappa shape index (κ1) is 11.2. The molecule has 0 aromatic carbocycles. The predicted octanol–water partition coefficient (Wildman–Crippen LogP) is 0.523. The van der Waals surface area contributed by atoms with Crippen LogP contribution in [-0.2, 0) is 9.59 Å². The summed E-state index contributed by atoms with van der Waals surface area (Å²) >= 11 is 0. The maximum Gasteiger partial charge on any atom is 0.240 e. The lowest BCUT2D eigenvalue weighted by molar-refractivity contribution is -0.137. The molecule has 1 aliphatic heterocycles. The lowest BCUT2D eigenvalue weighted by Crippen LogP contribution is -2.54. The summed E-state index contributed by atoms with van der Waals surface area (Å²) in [6, 6.07) is 0.370. The van der Waals surface area contributed by atoms with Crippen LogP contribution in [-0.4, -0.2) is 35.8 Å². The third kappa shape index (κ3) is 2.80. The second-order valence-electron chi connectivity index (χ2n) is 3.73. The van der Waals surface area contributed by atoms with E-state index < -0.39 is 0 Å². The zero-order valence-electron chi connectivity index (χ0n) is 8.88. The molecule has 14 heavy (non-hydrogen) atoms. The van der Waals surface area contributed by atoms with E-state index in [1.165, 1.54) is 0 Å². The lowest BCUT2D eigenvalue weighted by atomic mass is 10.1. The quantitative estimate of drug-likeness (QED) is 0.670. The van der Waals surface area contributed by atoms with Crippen LogP contribution in [0.15, 0.2) is 0 Å². The van der Waals surface area contributed by atoms with E-state index in [0.29, 0.717) is 19.1 Å². The van der Waals surface area contributed by atoms with Crippen molar-refractivity contribution in [2.24, 2.45) is 0 Å². The van der Waals surface area contributed by atoms with Gasteiger partial charge in [-0.15, -0.1) is 0 Å². The van der Waals surface area contributed by atoms with E-state index in [-0.39, 0.29) is 11.8 Å². The van der Waals surface area contributed by atoms with Gasteiger partial charge >= 0.3 is 0 Å². The summed E-state index contributed by atoms with van der Waals surface area (Å²) in [5.74, 6) is -0.341. The number of carbonyl (C=O) groups is 2. The Hall–Kier alpha value is -0.900. The average Bonchev–Trinajstić information content (AvgIpc) is 2.12. The van der Waals surface area contributed by atoms with Crippen LogP contribution >= 0.6 is 0 Å². The van der Waals surface area contributed by atoms with Gasteiger partial charge in [-0.25, -0.2) is 0 Å². The van der Waals surface area contributed by atoms with Crippen LogP contribution in [0, 0.1) is 0 Å². The Balaban J connectivity index is 2.56. The van der Waals surface area contributed by atoms with Gasteiger partial charge in [-0.1, -0.05) is 20.3 Å². The second kappa shape index (κ2) is 5.10. The summed E-state index contributed by atoms with van der Waals surface area (Å²) in [6.45, 7) is 4.94. The Morgan fingerprint density at radius 2 is 1.86 bits per heavy atom. The minimum absolute atomic E-state index is 0.171. The molecule has 0 radical (unpaired) electrons. The Bertz CT molecular complexity index is 212. The fourth-order valence-electron chi connectivity index (χ4n) is 1.90. The zero-order valence-corrected chi connectivity index (χ0v) is 8.88. The van der Waals surface area contributed by atoms with E-state index in [1.807, 2.05) is 4.90 Å². The molecule has 4 nitrogen and oxygen atoms in total. The highest BCUT2D eigenvalue weighted by Gasteiger charge is 2.26. The molecular formula is C10H18N2O2. The van der Waals surface area contributed by atoms with Crippen LogP contribution < -0.4 is 5.32 Å². The third-order valence-electron chi connectivity index (χ3n) is 2.58. The minimum atomic E-state index is -0.171. The first-order chi connectivity index (χ1) is 6.67. The molecule has 4 heteroatoms. The van der Waals surface area contributed by atoms with Gasteiger partial charge in [0.2, 0.25) is 11.8 Å². The molecule has 1 heterocycles. The van der Waals surface area contributed by atoms with Crippen molar-refractivity contribution in [2.45, 2.75) is 39.2 Å². The topological polar surface area (TPSA) is 49.4 Å². The van der Waals surface area contributed by atoms with Crippen LogP contribution in [0.1, 0.15) is 33.1 Å². The van der Waals surface area contributed by atoms with E-state index in [0.717, 1.165) is 19.3 Å². The lowest BCUT2D eigenvalue weighted by Gasteiger charge is -2.32. The molecule has 0 aliphatic carbocycles. The van der Waals surface area contributed by atoms with Gasteiger partial charge in [0.05, 0.1) is 13.1 Å². The maximum absolute atomic E-state index is 11.1. The maximum atomic E-state index is 11.1. The zero-order chi connectivity index (χ0) is 10.6. The number of piperazine rings is 1. The van der Waals surface area contributed by atoms with E-state index in [9.17, 15) is 9.59 Å². The Morgan fingerprint density at radius 3 is 2.29 bits per heavy atom. The fourth-order valence-corrected chi connectivity index (χ4v) is 1.90. The normalized spacial score (nSPS) is 20.7. The number of carbonyl (C=O) groups excluding carboxylic acids is 2. The largest absolute Gasteiger partial charge is 0.294 e. The van der Waals surface area contributed by atoms with Crippen molar-refractivity contribution < 1.29 is 9.59 Å². The molecule has 0 aromatic heterocycles. The molecule has 0 saturated carbocycles. The third-order valence-corrected chi connectivity index (χ3v) is 2.58. The van der Waals surface area contributed by atoms with Crippen molar-refractivity contribution in [3.63, 3.8) is 0 Å². The van der Waals surface area contributed by atoms with Crippen molar-refractivity contribution >= 4 is 11.8 Å². The summed E-state index contributed by atoms with van der Waals surface area (Å²) in [7, 11) is 0. The molecule has 1 aliphatic rings. The van der Waals surface area contributed by atoms with E-state index in [2.05, 4.69) is 19.2 Å². The van der Waals surface area contributed by atoms with Gasteiger partial charge in [-0.05, 0) is 12.8 Å². The molecule has 1 fully saturated rings. The van der Waals surface area contributed by atoms with Gasteiger partial charge in [0.1, 0.15) is 0 Å². The first-order valence-electron chi connectivity index (χ1n) is 5.24. The molecule has 80 valence electrons. The molecule has 1 atom stereocenters. The molecule has 1 unspecified atom stereocenters. The summed E-state index contributed by atoms with van der Waals surface area (Å²) in [4.78, 5) is 24.2. The van der Waals surface area contributed by atoms with Gasteiger partial charge in [-0.2, -0.15) is 0 Å². The van der Waals surface area contributed by atoms with E-state index in [4.69, 9.17) is 0 Å². The number of imide groups is 1. The molecule has 2 amide bonds. The number of nitrogens with zero attached hydrogens (tertiary/aromatic N) is 1. The number of hydrogen-bond donors (Lipinski definition) is 1. The standard InChI is InChI=1S/C10H18N2O2/c1-3-5-8(4-2)12-6-9(13)11-10(14)7-12/h8H,3-7H2,1-2H3,(H,11,13,14). The molecule has 0 bridgehead atoms. The van der Waals surface area contributed by atoms with Crippen LogP contribution in [0.25, 0.3) is 0 Å². The molecule has 0 spiro atoms. The Labute approximate surface area is 84.7 Å². The van der Waals surface area contributed by atoms with E-state index >= 15 is 0 Å². The first-order valence-corrected chi connectivity index (χ1v) is 5.24. The number of nitrogens with one attached hydrogen (secondary N) is 1. The van der Waals surface area contributed by atoms with Gasteiger partial charge in [0, 0.05) is 6.04 Å². The number of amides is 2. The van der Waals surface area contributed by atoms with Gasteiger partial charge in [0.15, 0.2) is 0 Å². The SMILES string of the molecule is CCCC(CC)N1CC(=O)NC(=O)C1. The highest BCUT2D eigenvalue weighted by molar-refractivity contribution is 5.99. The molecule has 1 rings (SSSR count). The molecule has 1 saturated heterocycles. The highest BCUT2D eigenvalue weighted by Crippen LogP contribution is 2.11. The number of hydrogen-bond acceptors (Lipinski definition) is 3. The minimum Gasteiger partial charge on any atom is -0.294 e. The summed E-state index contributed by atoms with van der Waals surface area (Å²) in [5, 5.41) is 2.31. The van der Waals surface area contributed by atoms with Crippen molar-refractivity contribution in [1.82, 2.24) is 10.2 Å². The molecule has 0 aromatic rings. The Kier molecular flexibility index (Phi) is 4.07. The van der Waals surface area contributed by atoms with Crippen LogP contribution in [0.5, 0.6) is 0 Å². The smallest absolute Gasteiger partial charge is 0.240 e. The summed E-state index contributed by atoms with van der Waals surface area (Å²) in [5.41, 5.74) is 0. The summed E-state index contributed by atoms with van der Waals surface area (Å²) < 4.78 is 0. The van der Waals surface area contributed by atoms with Crippen LogP contribution in [0.3, 0.4) is 0 Å². The summed E-state index contributed by atoms with van der Waals surface area (Å²) in [6.07, 6.45) is 3.14. The highest BCUT2D eigenvalue weighted by atomic mass is 16.2. The Morgan fingerprint density at radius 1 is 1.29 bits per heavy atom. The van der Waals surface area contributed by atoms with Crippen molar-refractivity contribution in [2.75, 3.05) is 13.1 Å². The van der Waals surface area contributed by atoms with Crippen molar-refractivity contribution in [3.8, 4) is 0 Å². The van der Waals surface area contributed by atoms with Crippen molar-refractivity contribution in [3.05, 3.63) is 0 Å². The fraction of sp³-hybridized carbons (Fsp3) is 0.800. The van der Waals surface area contributed by atoms with Crippen molar-refractivity contribution in [1.29, 1.82) is 0 Å².